The third-order valence-electron chi connectivity index (χ3n) is 2.53. The molecule has 1 heterocycles. The van der Waals surface area contributed by atoms with E-state index >= 15 is 0 Å². The fourth-order valence-electron chi connectivity index (χ4n) is 1.63. The molecule has 1 atom stereocenters. The predicted octanol–water partition coefficient (Wildman–Crippen LogP) is 2.07. The van der Waals surface area contributed by atoms with E-state index in [1.807, 2.05) is 6.92 Å². The maximum absolute atomic E-state index is 13.1. The summed E-state index contributed by atoms with van der Waals surface area (Å²) in [4.78, 5) is 8.23. The summed E-state index contributed by atoms with van der Waals surface area (Å²) in [5.74, 6) is 0.0798. The minimum atomic E-state index is -0.428. The number of halogens is 1. The molecule has 2 aromatic rings. The standard InChI is InChI=1S/C13H14FN3O/c1-9-5-6-15-13(16-9)17-12(8-18)10-3-2-4-11(14)7-10/h2-7,12,18H,8H2,1H3,(H,15,16,17). The summed E-state index contributed by atoms with van der Waals surface area (Å²) in [5, 5.41) is 12.3. The number of hydrogen-bond acceptors (Lipinski definition) is 4. The number of aliphatic hydroxyl groups is 1. The summed E-state index contributed by atoms with van der Waals surface area (Å²) in [5.41, 5.74) is 1.48. The Bertz CT molecular complexity index is 533. The lowest BCUT2D eigenvalue weighted by atomic mass is 10.1. The summed E-state index contributed by atoms with van der Waals surface area (Å²) in [7, 11) is 0. The van der Waals surface area contributed by atoms with Gasteiger partial charge in [-0.15, -0.1) is 0 Å². The summed E-state index contributed by atoms with van der Waals surface area (Å²) in [6.07, 6.45) is 1.63. The molecule has 0 aliphatic carbocycles. The third-order valence-corrected chi connectivity index (χ3v) is 2.53. The summed E-state index contributed by atoms with van der Waals surface area (Å²) in [6, 6.07) is 7.44. The van der Waals surface area contributed by atoms with Crippen molar-refractivity contribution >= 4 is 5.95 Å². The molecule has 94 valence electrons. The second kappa shape index (κ2) is 5.55. The number of anilines is 1. The first kappa shape index (κ1) is 12.4. The molecule has 0 aliphatic heterocycles. The molecule has 2 N–H and O–H groups in total. The van der Waals surface area contributed by atoms with E-state index in [4.69, 9.17) is 0 Å². The zero-order chi connectivity index (χ0) is 13.0. The second-order valence-electron chi connectivity index (χ2n) is 3.96. The SMILES string of the molecule is Cc1ccnc(NC(CO)c2cccc(F)c2)n1. The largest absolute Gasteiger partial charge is 0.394 e. The third kappa shape index (κ3) is 3.01. The van der Waals surface area contributed by atoms with Crippen LogP contribution in [0.1, 0.15) is 17.3 Å². The minimum Gasteiger partial charge on any atom is -0.394 e. The van der Waals surface area contributed by atoms with Gasteiger partial charge in [-0.2, -0.15) is 0 Å². The van der Waals surface area contributed by atoms with Crippen LogP contribution in [0.4, 0.5) is 10.3 Å². The molecule has 0 radical (unpaired) electrons. The smallest absolute Gasteiger partial charge is 0.223 e. The Labute approximate surface area is 105 Å². The van der Waals surface area contributed by atoms with Gasteiger partial charge in [-0.3, -0.25) is 0 Å². The van der Waals surface area contributed by atoms with E-state index in [0.29, 0.717) is 11.5 Å². The zero-order valence-corrected chi connectivity index (χ0v) is 9.97. The topological polar surface area (TPSA) is 58.0 Å². The Morgan fingerprint density at radius 1 is 1.39 bits per heavy atom. The fourth-order valence-corrected chi connectivity index (χ4v) is 1.63. The van der Waals surface area contributed by atoms with Crippen LogP contribution in [0.2, 0.25) is 0 Å². The van der Waals surface area contributed by atoms with Crippen molar-refractivity contribution in [3.8, 4) is 0 Å². The van der Waals surface area contributed by atoms with E-state index in [9.17, 15) is 9.50 Å². The Balaban J connectivity index is 2.19. The van der Waals surface area contributed by atoms with Crippen molar-refractivity contribution in [3.63, 3.8) is 0 Å². The molecule has 18 heavy (non-hydrogen) atoms. The van der Waals surface area contributed by atoms with Crippen LogP contribution in [0, 0.1) is 12.7 Å². The number of nitrogens with one attached hydrogen (secondary N) is 1. The highest BCUT2D eigenvalue weighted by Gasteiger charge is 2.12. The van der Waals surface area contributed by atoms with Crippen molar-refractivity contribution < 1.29 is 9.50 Å². The van der Waals surface area contributed by atoms with Gasteiger partial charge in [0.25, 0.3) is 0 Å². The number of aryl methyl sites for hydroxylation is 1. The zero-order valence-electron chi connectivity index (χ0n) is 9.97. The molecule has 1 unspecified atom stereocenters. The number of nitrogens with zero attached hydrogens (tertiary/aromatic N) is 2. The average molecular weight is 247 g/mol. The quantitative estimate of drug-likeness (QED) is 0.868. The van der Waals surface area contributed by atoms with E-state index in [1.54, 1.807) is 24.4 Å². The van der Waals surface area contributed by atoms with Crippen LogP contribution in [-0.4, -0.2) is 21.7 Å². The van der Waals surface area contributed by atoms with Gasteiger partial charge in [-0.25, -0.2) is 14.4 Å². The van der Waals surface area contributed by atoms with E-state index in [0.717, 1.165) is 5.69 Å². The highest BCUT2D eigenvalue weighted by Crippen LogP contribution is 2.17. The van der Waals surface area contributed by atoms with Gasteiger partial charge in [0.15, 0.2) is 0 Å². The van der Waals surface area contributed by atoms with E-state index < -0.39 is 6.04 Å². The maximum Gasteiger partial charge on any atom is 0.223 e. The van der Waals surface area contributed by atoms with Gasteiger partial charge in [0.2, 0.25) is 5.95 Å². The van der Waals surface area contributed by atoms with E-state index in [1.165, 1.54) is 12.1 Å². The monoisotopic (exact) mass is 247 g/mol. The average Bonchev–Trinajstić information content (AvgIpc) is 2.36. The Morgan fingerprint density at radius 2 is 2.22 bits per heavy atom. The number of hydrogen-bond donors (Lipinski definition) is 2. The van der Waals surface area contributed by atoms with Crippen LogP contribution >= 0.6 is 0 Å². The van der Waals surface area contributed by atoms with Crippen molar-refractivity contribution in [1.29, 1.82) is 0 Å². The molecular formula is C13H14FN3O. The van der Waals surface area contributed by atoms with Crippen molar-refractivity contribution in [3.05, 3.63) is 53.6 Å². The molecule has 0 saturated carbocycles. The lowest BCUT2D eigenvalue weighted by Crippen LogP contribution is -2.16. The van der Waals surface area contributed by atoms with Gasteiger partial charge >= 0.3 is 0 Å². The lowest BCUT2D eigenvalue weighted by Gasteiger charge is -2.16. The molecule has 1 aromatic carbocycles. The normalized spacial score (nSPS) is 12.2. The van der Waals surface area contributed by atoms with Crippen LogP contribution in [-0.2, 0) is 0 Å². The van der Waals surface area contributed by atoms with Crippen molar-refractivity contribution in [2.75, 3.05) is 11.9 Å². The van der Waals surface area contributed by atoms with Gasteiger partial charge in [0.1, 0.15) is 5.82 Å². The first-order chi connectivity index (χ1) is 8.69. The van der Waals surface area contributed by atoms with Crippen LogP contribution in [0.3, 0.4) is 0 Å². The summed E-state index contributed by atoms with van der Waals surface area (Å²) >= 11 is 0. The first-order valence-electron chi connectivity index (χ1n) is 5.61. The van der Waals surface area contributed by atoms with Crippen LogP contribution in [0.5, 0.6) is 0 Å². The first-order valence-corrected chi connectivity index (χ1v) is 5.61. The molecule has 0 bridgehead atoms. The highest BCUT2D eigenvalue weighted by molar-refractivity contribution is 5.32. The lowest BCUT2D eigenvalue weighted by molar-refractivity contribution is 0.275. The van der Waals surface area contributed by atoms with Crippen molar-refractivity contribution in [2.24, 2.45) is 0 Å². The van der Waals surface area contributed by atoms with Gasteiger partial charge in [0.05, 0.1) is 12.6 Å². The molecule has 0 saturated heterocycles. The molecular weight excluding hydrogens is 233 g/mol. The molecule has 0 fully saturated rings. The van der Waals surface area contributed by atoms with Crippen LogP contribution in [0.15, 0.2) is 36.5 Å². The van der Waals surface area contributed by atoms with Gasteiger partial charge in [0, 0.05) is 11.9 Å². The molecule has 0 spiro atoms. The van der Waals surface area contributed by atoms with E-state index in [2.05, 4.69) is 15.3 Å². The molecule has 5 heteroatoms. The highest BCUT2D eigenvalue weighted by atomic mass is 19.1. The second-order valence-corrected chi connectivity index (χ2v) is 3.96. The van der Waals surface area contributed by atoms with Gasteiger partial charge in [-0.1, -0.05) is 12.1 Å². The minimum absolute atomic E-state index is 0.166. The molecule has 1 aromatic heterocycles. The number of benzene rings is 1. The van der Waals surface area contributed by atoms with Crippen molar-refractivity contribution in [1.82, 2.24) is 9.97 Å². The van der Waals surface area contributed by atoms with Gasteiger partial charge in [-0.05, 0) is 30.7 Å². The predicted molar refractivity (Wildman–Crippen MR) is 66.6 cm³/mol. The van der Waals surface area contributed by atoms with Crippen LogP contribution in [0.25, 0.3) is 0 Å². The number of aliphatic hydroxyl groups excluding tert-OH is 1. The summed E-state index contributed by atoms with van der Waals surface area (Å²) in [6.45, 7) is 1.68. The van der Waals surface area contributed by atoms with Crippen LogP contribution < -0.4 is 5.32 Å². The number of aromatic nitrogens is 2. The van der Waals surface area contributed by atoms with Crippen molar-refractivity contribution in [2.45, 2.75) is 13.0 Å². The molecule has 0 amide bonds. The Hall–Kier alpha value is -2.01. The number of rotatable bonds is 4. The summed E-state index contributed by atoms with van der Waals surface area (Å²) < 4.78 is 13.1. The van der Waals surface area contributed by atoms with Gasteiger partial charge < -0.3 is 10.4 Å². The Morgan fingerprint density at radius 3 is 2.89 bits per heavy atom. The Kier molecular flexibility index (Phi) is 3.84. The fraction of sp³-hybridized carbons (Fsp3) is 0.231. The molecule has 2 rings (SSSR count). The maximum atomic E-state index is 13.1. The molecule has 4 nitrogen and oxygen atoms in total. The van der Waals surface area contributed by atoms with E-state index in [-0.39, 0.29) is 12.4 Å². The molecule has 0 aliphatic rings.